The monoisotopic (exact) mass is 506 g/mol. The highest BCUT2D eigenvalue weighted by Crippen LogP contribution is 2.22. The molecule has 0 bridgehead atoms. The Balaban J connectivity index is 1.29. The number of rotatable bonds is 12. The molecule has 0 aliphatic rings. The van der Waals surface area contributed by atoms with Crippen molar-refractivity contribution in [2.45, 2.75) is 26.7 Å². The Kier molecular flexibility index (Phi) is 8.94. The second-order valence-electron chi connectivity index (χ2n) is 9.34. The van der Waals surface area contributed by atoms with E-state index in [9.17, 15) is 4.39 Å². The molecule has 38 heavy (non-hydrogen) atoms. The van der Waals surface area contributed by atoms with E-state index in [4.69, 9.17) is 0 Å². The highest BCUT2D eigenvalue weighted by atomic mass is 19.1. The molecule has 0 fully saturated rings. The normalized spacial score (nSPS) is 11.3. The van der Waals surface area contributed by atoms with Crippen LogP contribution in [0.25, 0.3) is 28.2 Å². The van der Waals surface area contributed by atoms with Gasteiger partial charge in [0.05, 0.1) is 11.9 Å². The number of hydrogen-bond donors (Lipinski definition) is 2. The molecular weight excluding hydrogens is 471 g/mol. The minimum absolute atomic E-state index is 0.335. The molecule has 0 radical (unpaired) electrons. The van der Waals surface area contributed by atoms with Crippen LogP contribution in [-0.4, -0.2) is 22.9 Å². The summed E-state index contributed by atoms with van der Waals surface area (Å²) in [6.07, 6.45) is 5.04. The fourth-order valence-electron chi connectivity index (χ4n) is 4.30. The van der Waals surface area contributed by atoms with Crippen LogP contribution in [0.3, 0.4) is 0 Å². The Morgan fingerprint density at radius 1 is 0.842 bits per heavy atom. The lowest BCUT2D eigenvalue weighted by atomic mass is 10.0. The summed E-state index contributed by atoms with van der Waals surface area (Å²) in [4.78, 5) is 0. The van der Waals surface area contributed by atoms with Crippen LogP contribution >= 0.6 is 0 Å². The first kappa shape index (κ1) is 26.7. The highest BCUT2D eigenvalue weighted by Gasteiger charge is 2.11. The molecule has 0 unspecified atom stereocenters. The van der Waals surface area contributed by atoms with Crippen LogP contribution in [0.2, 0.25) is 0 Å². The molecule has 4 aromatic rings. The fourth-order valence-corrected chi connectivity index (χ4v) is 4.30. The Morgan fingerprint density at radius 3 is 2.13 bits per heavy atom. The van der Waals surface area contributed by atoms with Gasteiger partial charge in [-0.1, -0.05) is 92.0 Å². The summed E-state index contributed by atoms with van der Waals surface area (Å²) in [5.74, 6) is 0.370. The molecule has 5 heteroatoms. The van der Waals surface area contributed by atoms with Gasteiger partial charge < -0.3 is 10.6 Å². The molecule has 1 aromatic heterocycles. The number of aromatic nitrogens is 2. The molecule has 0 atom stereocenters. The van der Waals surface area contributed by atoms with E-state index >= 15 is 0 Å². The summed E-state index contributed by atoms with van der Waals surface area (Å²) in [7, 11) is 0. The predicted molar refractivity (Wildman–Crippen MR) is 158 cm³/mol. The van der Waals surface area contributed by atoms with Crippen molar-refractivity contribution in [2.24, 2.45) is 0 Å². The van der Waals surface area contributed by atoms with Crippen molar-refractivity contribution in [1.29, 1.82) is 0 Å². The lowest BCUT2D eigenvalue weighted by Crippen LogP contribution is -2.22. The van der Waals surface area contributed by atoms with Gasteiger partial charge in [-0.2, -0.15) is 5.10 Å². The number of aryl methyl sites for hydroxylation is 1. The fraction of sp³-hybridized carbons (Fsp3) is 0.182. The van der Waals surface area contributed by atoms with Crippen LogP contribution in [0, 0.1) is 19.7 Å². The maximum absolute atomic E-state index is 14.1. The SMILES string of the molecule is C=C(NCCCCN/C(=C/C(=C)c1ccccc1C)n1ncc(F)c1C)c1ccc(-c2ccccc2)cc1. The first-order chi connectivity index (χ1) is 18.4. The van der Waals surface area contributed by atoms with Crippen molar-refractivity contribution >= 4 is 17.1 Å². The van der Waals surface area contributed by atoms with Gasteiger partial charge in [-0.15, -0.1) is 0 Å². The third-order valence-electron chi connectivity index (χ3n) is 6.57. The molecule has 4 rings (SSSR count). The van der Waals surface area contributed by atoms with Crippen LogP contribution < -0.4 is 10.6 Å². The van der Waals surface area contributed by atoms with Gasteiger partial charge in [0.1, 0.15) is 5.82 Å². The zero-order valence-corrected chi connectivity index (χ0v) is 22.2. The molecule has 0 aliphatic heterocycles. The van der Waals surface area contributed by atoms with E-state index in [0.717, 1.165) is 47.3 Å². The van der Waals surface area contributed by atoms with Gasteiger partial charge in [0.2, 0.25) is 0 Å². The van der Waals surface area contributed by atoms with Gasteiger partial charge in [0.25, 0.3) is 0 Å². The molecule has 0 saturated heterocycles. The van der Waals surface area contributed by atoms with Gasteiger partial charge in [0.15, 0.2) is 5.82 Å². The maximum atomic E-state index is 14.1. The average molecular weight is 507 g/mol. The maximum Gasteiger partial charge on any atom is 0.164 e. The summed E-state index contributed by atoms with van der Waals surface area (Å²) in [6.45, 7) is 13.7. The van der Waals surface area contributed by atoms with E-state index in [1.807, 2.05) is 42.5 Å². The first-order valence-corrected chi connectivity index (χ1v) is 12.9. The van der Waals surface area contributed by atoms with E-state index < -0.39 is 0 Å². The van der Waals surface area contributed by atoms with Crippen molar-refractivity contribution in [3.63, 3.8) is 0 Å². The van der Waals surface area contributed by atoms with Crippen molar-refractivity contribution < 1.29 is 4.39 Å². The predicted octanol–water partition coefficient (Wildman–Crippen LogP) is 7.45. The first-order valence-electron chi connectivity index (χ1n) is 12.9. The van der Waals surface area contributed by atoms with Gasteiger partial charge in [-0.3, -0.25) is 0 Å². The molecule has 4 nitrogen and oxygen atoms in total. The van der Waals surface area contributed by atoms with Crippen LogP contribution in [0.15, 0.2) is 104 Å². The highest BCUT2D eigenvalue weighted by molar-refractivity contribution is 5.79. The largest absolute Gasteiger partial charge is 0.385 e. The van der Waals surface area contributed by atoms with Crippen molar-refractivity contribution in [1.82, 2.24) is 20.4 Å². The van der Waals surface area contributed by atoms with Gasteiger partial charge in [0, 0.05) is 18.8 Å². The quantitative estimate of drug-likeness (QED) is 0.155. The van der Waals surface area contributed by atoms with E-state index in [2.05, 4.69) is 78.3 Å². The Labute approximate surface area is 225 Å². The van der Waals surface area contributed by atoms with Gasteiger partial charge in [-0.05, 0) is 66.2 Å². The summed E-state index contributed by atoms with van der Waals surface area (Å²) < 4.78 is 15.7. The Morgan fingerprint density at radius 2 is 1.47 bits per heavy atom. The number of nitrogens with one attached hydrogen (secondary N) is 2. The Hall–Kier alpha value is -4.38. The van der Waals surface area contributed by atoms with E-state index in [-0.39, 0.29) is 5.82 Å². The zero-order valence-electron chi connectivity index (χ0n) is 22.2. The molecule has 0 spiro atoms. The standard InChI is InChI=1S/C33H35FN4/c1-24-12-8-9-15-31(24)25(2)22-33(38-27(4)32(34)23-37-38)36-21-11-10-20-35-26(3)28-16-18-30(19-17-28)29-13-6-5-7-14-29/h5-9,12-19,22-23,35-36H,2-3,10-11,20-21H2,1,4H3/b33-22-. The smallest absolute Gasteiger partial charge is 0.164 e. The topological polar surface area (TPSA) is 41.9 Å². The second-order valence-corrected chi connectivity index (χ2v) is 9.34. The van der Waals surface area contributed by atoms with Crippen molar-refractivity contribution in [3.8, 4) is 11.1 Å². The van der Waals surface area contributed by atoms with E-state index in [0.29, 0.717) is 18.1 Å². The third-order valence-corrected chi connectivity index (χ3v) is 6.57. The van der Waals surface area contributed by atoms with Gasteiger partial charge >= 0.3 is 0 Å². The number of unbranched alkanes of at least 4 members (excludes halogenated alkanes) is 1. The average Bonchev–Trinajstić information content (AvgIpc) is 3.28. The lowest BCUT2D eigenvalue weighted by Gasteiger charge is -2.15. The third kappa shape index (κ3) is 6.68. The molecule has 3 aromatic carbocycles. The van der Waals surface area contributed by atoms with Crippen LogP contribution in [-0.2, 0) is 0 Å². The van der Waals surface area contributed by atoms with Crippen LogP contribution in [0.5, 0.6) is 0 Å². The number of hydrogen-bond acceptors (Lipinski definition) is 3. The molecule has 0 amide bonds. The molecular formula is C33H35FN4. The molecule has 2 N–H and O–H groups in total. The number of benzene rings is 3. The molecule has 194 valence electrons. The number of halogens is 1. The van der Waals surface area contributed by atoms with Crippen LogP contribution in [0.1, 0.15) is 35.2 Å². The van der Waals surface area contributed by atoms with E-state index in [1.54, 1.807) is 11.6 Å². The number of allylic oxidation sites excluding steroid dienone is 2. The Bertz CT molecular complexity index is 1420. The minimum atomic E-state index is -0.335. The van der Waals surface area contributed by atoms with Crippen molar-refractivity contribution in [2.75, 3.05) is 13.1 Å². The summed E-state index contributed by atoms with van der Waals surface area (Å²) >= 11 is 0. The number of nitrogens with zero attached hydrogens (tertiary/aromatic N) is 2. The summed E-state index contributed by atoms with van der Waals surface area (Å²) in [6, 6.07) is 26.9. The lowest BCUT2D eigenvalue weighted by molar-refractivity contribution is 0.613. The minimum Gasteiger partial charge on any atom is -0.385 e. The summed E-state index contributed by atoms with van der Waals surface area (Å²) in [5.41, 5.74) is 7.88. The van der Waals surface area contributed by atoms with Crippen molar-refractivity contribution in [3.05, 3.63) is 132 Å². The van der Waals surface area contributed by atoms with Crippen LogP contribution in [0.4, 0.5) is 4.39 Å². The molecule has 0 aliphatic carbocycles. The summed E-state index contributed by atoms with van der Waals surface area (Å²) in [5, 5.41) is 11.1. The molecule has 1 heterocycles. The second kappa shape index (κ2) is 12.7. The zero-order chi connectivity index (χ0) is 26.9. The van der Waals surface area contributed by atoms with E-state index in [1.165, 1.54) is 17.3 Å². The molecule has 0 saturated carbocycles. The van der Waals surface area contributed by atoms with Gasteiger partial charge in [-0.25, -0.2) is 9.07 Å².